The van der Waals surface area contributed by atoms with E-state index in [9.17, 15) is 9.59 Å². The normalized spacial score (nSPS) is 19.2. The van der Waals surface area contributed by atoms with E-state index >= 15 is 0 Å². The Labute approximate surface area is 69.1 Å². The topological polar surface area (TPSA) is 63.4 Å². The molecular weight excluding hydrogens is 164 g/mol. The third kappa shape index (κ3) is 1.94. The van der Waals surface area contributed by atoms with Gasteiger partial charge in [-0.2, -0.15) is 0 Å². The molecule has 0 spiro atoms. The van der Waals surface area contributed by atoms with Gasteiger partial charge >= 0.3 is 0 Å². The van der Waals surface area contributed by atoms with Gasteiger partial charge in [0, 0.05) is 25.3 Å². The number of carbonyl (C=O) groups excluding carboxylic acids is 2. The monoisotopic (exact) mass is 174 g/mol. The number of nitrogens with zero attached hydrogens (tertiary/aromatic N) is 1. The molecule has 1 rings (SSSR count). The molecule has 1 aliphatic rings. The van der Waals surface area contributed by atoms with Crippen molar-refractivity contribution in [2.45, 2.75) is 6.42 Å². The largest absolute Gasteiger partial charge is 0.329 e. The Kier molecular flexibility index (Phi) is 2.90. The van der Waals surface area contributed by atoms with Crippen molar-refractivity contribution in [2.24, 2.45) is 5.73 Å². The summed E-state index contributed by atoms with van der Waals surface area (Å²) in [5, 5.41) is -0.160. The summed E-state index contributed by atoms with van der Waals surface area (Å²) in [6.45, 7) is 0.697. The molecule has 1 aliphatic heterocycles. The van der Waals surface area contributed by atoms with Crippen LogP contribution in [-0.2, 0) is 4.79 Å². The van der Waals surface area contributed by atoms with Crippen LogP contribution in [0.1, 0.15) is 6.42 Å². The predicted octanol–water partition coefficient (Wildman–Crippen LogP) is 0.0306. The third-order valence-corrected chi connectivity index (χ3v) is 2.29. The number of carbonyl (C=O) groups is 2. The van der Waals surface area contributed by atoms with Crippen LogP contribution in [0.15, 0.2) is 0 Å². The second kappa shape index (κ2) is 3.73. The van der Waals surface area contributed by atoms with E-state index in [0.29, 0.717) is 25.3 Å². The van der Waals surface area contributed by atoms with Crippen LogP contribution in [0.2, 0.25) is 0 Å². The summed E-state index contributed by atoms with van der Waals surface area (Å²) in [7, 11) is 0. The van der Waals surface area contributed by atoms with Crippen molar-refractivity contribution in [3.8, 4) is 0 Å². The van der Waals surface area contributed by atoms with Gasteiger partial charge in [0.25, 0.3) is 5.24 Å². The number of hydrogen-bond donors (Lipinski definition) is 1. The lowest BCUT2D eigenvalue weighted by Gasteiger charge is -2.22. The van der Waals surface area contributed by atoms with Crippen LogP contribution in [0.4, 0.5) is 4.79 Å². The molecule has 62 valence electrons. The zero-order valence-electron chi connectivity index (χ0n) is 6.08. The molecule has 4 nitrogen and oxygen atoms in total. The van der Waals surface area contributed by atoms with Crippen LogP contribution in [-0.4, -0.2) is 34.9 Å². The maximum absolute atomic E-state index is 11.0. The molecule has 0 aliphatic carbocycles. The standard InChI is InChI=1S/C6H10N2O2S/c7-2-3-8-5(9)1-4-11-6(8)10/h1-4,7H2. The molecule has 2 N–H and O–H groups in total. The average Bonchev–Trinajstić information content (AvgIpc) is 1.97. The molecule has 0 aromatic heterocycles. The quantitative estimate of drug-likeness (QED) is 0.641. The first-order chi connectivity index (χ1) is 5.25. The summed E-state index contributed by atoms with van der Waals surface area (Å²) in [6, 6.07) is 0. The number of thioether (sulfide) groups is 1. The van der Waals surface area contributed by atoms with Crippen molar-refractivity contribution < 1.29 is 9.59 Å². The van der Waals surface area contributed by atoms with E-state index in [1.165, 1.54) is 16.7 Å². The van der Waals surface area contributed by atoms with Gasteiger partial charge in [0.1, 0.15) is 0 Å². The molecular formula is C6H10N2O2S. The van der Waals surface area contributed by atoms with Crippen LogP contribution in [0.3, 0.4) is 0 Å². The minimum Gasteiger partial charge on any atom is -0.329 e. The Bertz CT molecular complexity index is 167. The predicted molar refractivity (Wildman–Crippen MR) is 43.2 cm³/mol. The molecule has 0 saturated carbocycles. The Hall–Kier alpha value is -0.550. The zero-order valence-corrected chi connectivity index (χ0v) is 6.89. The van der Waals surface area contributed by atoms with Gasteiger partial charge < -0.3 is 5.73 Å². The number of imide groups is 1. The molecule has 1 fully saturated rings. The van der Waals surface area contributed by atoms with Crippen LogP contribution >= 0.6 is 11.8 Å². The molecule has 2 amide bonds. The lowest BCUT2D eigenvalue weighted by Crippen LogP contribution is -2.41. The van der Waals surface area contributed by atoms with Gasteiger partial charge in [0.2, 0.25) is 5.91 Å². The van der Waals surface area contributed by atoms with Gasteiger partial charge in [-0.15, -0.1) is 0 Å². The fourth-order valence-corrected chi connectivity index (χ4v) is 1.69. The highest BCUT2D eigenvalue weighted by molar-refractivity contribution is 8.13. The molecule has 0 radical (unpaired) electrons. The van der Waals surface area contributed by atoms with Crippen LogP contribution in [0, 0.1) is 0 Å². The van der Waals surface area contributed by atoms with Crippen molar-refractivity contribution in [3.05, 3.63) is 0 Å². The van der Waals surface area contributed by atoms with Gasteiger partial charge in [0.15, 0.2) is 0 Å². The minimum absolute atomic E-state index is 0.0980. The lowest BCUT2D eigenvalue weighted by molar-refractivity contribution is -0.127. The van der Waals surface area contributed by atoms with Crippen molar-refractivity contribution in [1.29, 1.82) is 0 Å². The first kappa shape index (κ1) is 8.55. The molecule has 0 atom stereocenters. The number of hydrogen-bond acceptors (Lipinski definition) is 4. The Morgan fingerprint density at radius 2 is 2.27 bits per heavy atom. The summed E-state index contributed by atoms with van der Waals surface area (Å²) in [5.41, 5.74) is 5.23. The van der Waals surface area contributed by atoms with Crippen molar-refractivity contribution in [1.82, 2.24) is 4.90 Å². The fourth-order valence-electron chi connectivity index (χ4n) is 0.885. The summed E-state index contributed by atoms with van der Waals surface area (Å²) < 4.78 is 0. The maximum Gasteiger partial charge on any atom is 0.288 e. The number of nitrogens with two attached hydrogens (primary N) is 1. The molecule has 0 unspecified atom stereocenters. The van der Waals surface area contributed by atoms with Crippen molar-refractivity contribution in [3.63, 3.8) is 0 Å². The Morgan fingerprint density at radius 1 is 1.55 bits per heavy atom. The van der Waals surface area contributed by atoms with E-state index in [1.54, 1.807) is 0 Å². The molecule has 11 heavy (non-hydrogen) atoms. The minimum atomic E-state index is -0.160. The summed E-state index contributed by atoms with van der Waals surface area (Å²) in [5.74, 6) is 0.512. The summed E-state index contributed by atoms with van der Waals surface area (Å²) in [4.78, 5) is 23.3. The van der Waals surface area contributed by atoms with E-state index in [-0.39, 0.29) is 11.1 Å². The van der Waals surface area contributed by atoms with Crippen LogP contribution in [0.5, 0.6) is 0 Å². The number of rotatable bonds is 2. The maximum atomic E-state index is 11.0. The Balaban J connectivity index is 2.55. The first-order valence-electron chi connectivity index (χ1n) is 3.43. The fraction of sp³-hybridized carbons (Fsp3) is 0.667. The molecule has 5 heteroatoms. The lowest BCUT2D eigenvalue weighted by atomic mass is 10.4. The van der Waals surface area contributed by atoms with E-state index < -0.39 is 0 Å². The highest BCUT2D eigenvalue weighted by Gasteiger charge is 2.25. The molecule has 0 aromatic carbocycles. The van der Waals surface area contributed by atoms with E-state index in [2.05, 4.69) is 0 Å². The Morgan fingerprint density at radius 3 is 2.82 bits per heavy atom. The summed E-state index contributed by atoms with van der Waals surface area (Å²) in [6.07, 6.45) is 0.455. The zero-order chi connectivity index (χ0) is 8.27. The van der Waals surface area contributed by atoms with Gasteiger partial charge in [-0.05, 0) is 0 Å². The number of amides is 2. The van der Waals surface area contributed by atoms with Gasteiger partial charge in [-0.1, -0.05) is 11.8 Å². The van der Waals surface area contributed by atoms with E-state index in [0.717, 1.165) is 0 Å². The van der Waals surface area contributed by atoms with Gasteiger partial charge in [-0.25, -0.2) is 0 Å². The third-order valence-electron chi connectivity index (χ3n) is 1.42. The molecule has 0 aromatic rings. The second-order valence-electron chi connectivity index (χ2n) is 2.20. The average molecular weight is 174 g/mol. The van der Waals surface area contributed by atoms with Crippen LogP contribution < -0.4 is 5.73 Å². The van der Waals surface area contributed by atoms with Gasteiger partial charge in [0.05, 0.1) is 0 Å². The van der Waals surface area contributed by atoms with Gasteiger partial charge in [-0.3, -0.25) is 14.5 Å². The SMILES string of the molecule is NCCN1C(=O)CCSC1=O. The van der Waals surface area contributed by atoms with Crippen molar-refractivity contribution >= 4 is 22.9 Å². The first-order valence-corrected chi connectivity index (χ1v) is 4.41. The van der Waals surface area contributed by atoms with E-state index in [4.69, 9.17) is 5.73 Å². The highest BCUT2D eigenvalue weighted by atomic mass is 32.2. The molecule has 0 bridgehead atoms. The van der Waals surface area contributed by atoms with E-state index in [1.807, 2.05) is 0 Å². The molecule has 1 saturated heterocycles. The van der Waals surface area contributed by atoms with Crippen molar-refractivity contribution in [2.75, 3.05) is 18.8 Å². The highest BCUT2D eigenvalue weighted by Crippen LogP contribution is 2.17. The van der Waals surface area contributed by atoms with Crippen LogP contribution in [0.25, 0.3) is 0 Å². The summed E-state index contributed by atoms with van der Waals surface area (Å²) >= 11 is 1.18. The molecule has 1 heterocycles. The second-order valence-corrected chi connectivity index (χ2v) is 3.24. The smallest absolute Gasteiger partial charge is 0.288 e.